The first-order valence-corrected chi connectivity index (χ1v) is 9.30. The van der Waals surface area contributed by atoms with Crippen molar-refractivity contribution in [2.24, 2.45) is 0 Å². The number of nitrogens with zero attached hydrogens (tertiary/aromatic N) is 1. The van der Waals surface area contributed by atoms with Crippen molar-refractivity contribution in [1.29, 1.82) is 0 Å². The summed E-state index contributed by atoms with van der Waals surface area (Å²) in [6.07, 6.45) is -4.90. The van der Waals surface area contributed by atoms with Gasteiger partial charge in [0, 0.05) is 6.54 Å². The molecule has 2 N–H and O–H groups in total. The number of hydroxylamine groups is 1. The number of carbonyl (C=O) groups is 1. The monoisotopic (exact) mass is 410 g/mol. The van der Waals surface area contributed by atoms with Crippen LogP contribution in [0.25, 0.3) is 0 Å². The lowest BCUT2D eigenvalue weighted by atomic mass is 10.3. The standard InChI is InChI=1S/C14H13F3N2O5S2/c15-14(16,17)24-11-1-3-12(4-2-11)26(22,23)19(8-13(20)18-21)7-10-5-6-25-9-10/h1-6,9,21H,7-8H2,(H,18,20). The first-order valence-electron chi connectivity index (χ1n) is 6.92. The van der Waals surface area contributed by atoms with Gasteiger partial charge in [-0.25, -0.2) is 13.9 Å². The van der Waals surface area contributed by atoms with E-state index >= 15 is 0 Å². The smallest absolute Gasteiger partial charge is 0.406 e. The molecule has 0 saturated carbocycles. The lowest BCUT2D eigenvalue weighted by molar-refractivity contribution is -0.274. The maximum Gasteiger partial charge on any atom is 0.573 e. The zero-order valence-corrected chi connectivity index (χ0v) is 14.6. The Balaban J connectivity index is 2.28. The number of sulfonamides is 1. The molecule has 1 aromatic carbocycles. The van der Waals surface area contributed by atoms with E-state index in [1.807, 2.05) is 0 Å². The molecule has 0 bridgehead atoms. The Hall–Kier alpha value is -2.15. The largest absolute Gasteiger partial charge is 0.573 e. The highest BCUT2D eigenvalue weighted by Gasteiger charge is 2.32. The molecule has 1 heterocycles. The van der Waals surface area contributed by atoms with E-state index in [1.165, 1.54) is 16.8 Å². The van der Waals surface area contributed by atoms with Gasteiger partial charge in [-0.15, -0.1) is 13.2 Å². The number of amides is 1. The van der Waals surface area contributed by atoms with E-state index in [0.717, 1.165) is 28.6 Å². The number of hydrogen-bond acceptors (Lipinski definition) is 6. The molecule has 12 heteroatoms. The van der Waals surface area contributed by atoms with E-state index in [0.29, 0.717) is 5.56 Å². The zero-order valence-electron chi connectivity index (χ0n) is 12.9. The van der Waals surface area contributed by atoms with Gasteiger partial charge < -0.3 is 4.74 Å². The second-order valence-electron chi connectivity index (χ2n) is 4.96. The maximum atomic E-state index is 12.7. The quantitative estimate of drug-likeness (QED) is 0.540. The van der Waals surface area contributed by atoms with Gasteiger partial charge >= 0.3 is 6.36 Å². The second-order valence-corrected chi connectivity index (χ2v) is 7.68. The minimum atomic E-state index is -4.90. The van der Waals surface area contributed by atoms with Crippen LogP contribution in [-0.2, 0) is 21.4 Å². The van der Waals surface area contributed by atoms with Gasteiger partial charge in [0.2, 0.25) is 10.0 Å². The Morgan fingerprint density at radius 2 is 1.88 bits per heavy atom. The molecule has 0 spiro atoms. The number of rotatable bonds is 7. The lowest BCUT2D eigenvalue weighted by Crippen LogP contribution is -2.39. The van der Waals surface area contributed by atoms with Crippen molar-refractivity contribution < 1.29 is 36.3 Å². The topological polar surface area (TPSA) is 95.9 Å². The summed E-state index contributed by atoms with van der Waals surface area (Å²) in [5.41, 5.74) is 1.96. The van der Waals surface area contributed by atoms with Gasteiger partial charge in [-0.1, -0.05) is 0 Å². The van der Waals surface area contributed by atoms with E-state index in [9.17, 15) is 26.4 Å². The highest BCUT2D eigenvalue weighted by molar-refractivity contribution is 7.89. The summed E-state index contributed by atoms with van der Waals surface area (Å²) < 4.78 is 66.5. The van der Waals surface area contributed by atoms with E-state index in [1.54, 1.807) is 16.8 Å². The molecule has 0 fully saturated rings. The Kier molecular flexibility index (Phi) is 6.23. The Morgan fingerprint density at radius 1 is 1.23 bits per heavy atom. The summed E-state index contributed by atoms with van der Waals surface area (Å²) in [5.74, 6) is -1.53. The maximum absolute atomic E-state index is 12.7. The van der Waals surface area contributed by atoms with E-state index in [2.05, 4.69) is 4.74 Å². The first-order chi connectivity index (χ1) is 12.1. The van der Waals surface area contributed by atoms with Gasteiger partial charge in [0.25, 0.3) is 5.91 Å². The Labute approximate surface area is 150 Å². The number of halogens is 3. The molecule has 142 valence electrons. The molecule has 0 saturated heterocycles. The van der Waals surface area contributed by atoms with Gasteiger partial charge in [-0.2, -0.15) is 15.6 Å². The third-order valence-electron chi connectivity index (χ3n) is 3.08. The number of alkyl halides is 3. The van der Waals surface area contributed by atoms with Gasteiger partial charge in [0.15, 0.2) is 0 Å². The van der Waals surface area contributed by atoms with Crippen LogP contribution in [-0.4, -0.2) is 36.7 Å². The predicted octanol–water partition coefficient (Wildman–Crippen LogP) is 2.34. The van der Waals surface area contributed by atoms with Crippen LogP contribution in [0.4, 0.5) is 13.2 Å². The van der Waals surface area contributed by atoms with E-state index in [-0.39, 0.29) is 11.4 Å². The summed E-state index contributed by atoms with van der Waals surface area (Å²) in [5, 5.41) is 12.0. The van der Waals surface area contributed by atoms with Crippen molar-refractivity contribution >= 4 is 27.3 Å². The first kappa shape index (κ1) is 20.2. The van der Waals surface area contributed by atoms with E-state index < -0.39 is 34.6 Å². The van der Waals surface area contributed by atoms with E-state index in [4.69, 9.17) is 5.21 Å². The van der Waals surface area contributed by atoms with Crippen LogP contribution < -0.4 is 10.2 Å². The molecule has 26 heavy (non-hydrogen) atoms. The minimum absolute atomic E-state index is 0.153. The van der Waals surface area contributed by atoms with Crippen molar-refractivity contribution in [1.82, 2.24) is 9.79 Å². The Bertz CT molecular complexity index is 836. The average molecular weight is 410 g/mol. The molecular weight excluding hydrogens is 397 g/mol. The van der Waals surface area contributed by atoms with Gasteiger partial charge in [-0.3, -0.25) is 10.0 Å². The van der Waals surface area contributed by atoms with Gasteiger partial charge in [0.1, 0.15) is 5.75 Å². The molecule has 0 unspecified atom stereocenters. The molecular formula is C14H13F3N2O5S2. The van der Waals surface area contributed by atoms with Crippen molar-refractivity contribution in [2.75, 3.05) is 6.54 Å². The highest BCUT2D eigenvalue weighted by Crippen LogP contribution is 2.25. The lowest BCUT2D eigenvalue weighted by Gasteiger charge is -2.21. The third-order valence-corrected chi connectivity index (χ3v) is 5.62. The van der Waals surface area contributed by atoms with Crippen LogP contribution in [0, 0.1) is 0 Å². The summed E-state index contributed by atoms with van der Waals surface area (Å²) in [4.78, 5) is 11.1. The summed E-state index contributed by atoms with van der Waals surface area (Å²) in [6.45, 7) is -0.824. The number of benzene rings is 1. The van der Waals surface area contributed by atoms with Crippen LogP contribution in [0.2, 0.25) is 0 Å². The molecule has 0 radical (unpaired) electrons. The molecule has 2 rings (SSSR count). The molecule has 2 aromatic rings. The minimum Gasteiger partial charge on any atom is -0.406 e. The third kappa shape index (κ3) is 5.42. The fourth-order valence-electron chi connectivity index (χ4n) is 1.97. The number of ether oxygens (including phenoxy) is 1. The SMILES string of the molecule is O=C(CN(Cc1ccsc1)S(=O)(=O)c1ccc(OC(F)(F)F)cc1)NO. The summed E-state index contributed by atoms with van der Waals surface area (Å²) in [6, 6.07) is 5.25. The summed E-state index contributed by atoms with van der Waals surface area (Å²) >= 11 is 1.33. The molecule has 0 aliphatic carbocycles. The number of thiophene rings is 1. The van der Waals surface area contributed by atoms with Crippen molar-refractivity contribution in [3.8, 4) is 5.75 Å². The highest BCUT2D eigenvalue weighted by atomic mass is 32.2. The normalized spacial score (nSPS) is 12.2. The molecule has 0 aliphatic rings. The van der Waals surface area contributed by atoms with Crippen molar-refractivity contribution in [3.05, 3.63) is 46.7 Å². The second kappa shape index (κ2) is 8.03. The Morgan fingerprint density at radius 3 is 2.38 bits per heavy atom. The fourth-order valence-corrected chi connectivity index (χ4v) is 4.01. The zero-order chi connectivity index (χ0) is 19.4. The molecule has 1 aromatic heterocycles. The van der Waals surface area contributed by atoms with Crippen LogP contribution in [0.15, 0.2) is 46.0 Å². The van der Waals surface area contributed by atoms with Crippen LogP contribution in [0.1, 0.15) is 5.56 Å². The van der Waals surface area contributed by atoms with Crippen LogP contribution in [0.3, 0.4) is 0 Å². The van der Waals surface area contributed by atoms with Crippen LogP contribution >= 0.6 is 11.3 Å². The predicted molar refractivity (Wildman–Crippen MR) is 85.0 cm³/mol. The fraction of sp³-hybridized carbons (Fsp3) is 0.214. The average Bonchev–Trinajstić information content (AvgIpc) is 3.06. The number of carbonyl (C=O) groups excluding carboxylic acids is 1. The summed E-state index contributed by atoms with van der Waals surface area (Å²) in [7, 11) is -4.21. The molecule has 0 atom stereocenters. The van der Waals surface area contributed by atoms with Crippen molar-refractivity contribution in [2.45, 2.75) is 17.8 Å². The van der Waals surface area contributed by atoms with Gasteiger partial charge in [0.05, 0.1) is 11.4 Å². The number of nitrogens with one attached hydrogen (secondary N) is 1. The number of hydrogen-bond donors (Lipinski definition) is 2. The van der Waals surface area contributed by atoms with Crippen LogP contribution in [0.5, 0.6) is 5.75 Å². The molecule has 1 amide bonds. The molecule has 0 aliphatic heterocycles. The van der Waals surface area contributed by atoms with Crippen molar-refractivity contribution in [3.63, 3.8) is 0 Å². The molecule has 7 nitrogen and oxygen atoms in total. The van der Waals surface area contributed by atoms with Gasteiger partial charge in [-0.05, 0) is 46.7 Å².